The van der Waals surface area contributed by atoms with Gasteiger partial charge in [0.25, 0.3) is 0 Å². The van der Waals surface area contributed by atoms with E-state index < -0.39 is 0 Å². The van der Waals surface area contributed by atoms with Gasteiger partial charge in [0.05, 0.1) is 0 Å². The number of aromatic nitrogens is 2. The lowest BCUT2D eigenvalue weighted by molar-refractivity contribution is 0.460. The van der Waals surface area contributed by atoms with Crippen molar-refractivity contribution in [3.8, 4) is 11.4 Å². The summed E-state index contributed by atoms with van der Waals surface area (Å²) in [5, 5.41) is 4.29. The summed E-state index contributed by atoms with van der Waals surface area (Å²) in [5.41, 5.74) is 11.9. The summed E-state index contributed by atoms with van der Waals surface area (Å²) in [5.74, 6) is 1.49. The molecule has 2 aromatic heterocycles. The molecule has 0 saturated carbocycles. The molecule has 3 rings (SSSR count). The van der Waals surface area contributed by atoms with E-state index in [1.807, 2.05) is 0 Å². The van der Waals surface area contributed by atoms with Gasteiger partial charge in [0.1, 0.15) is 0 Å². The fraction of sp³-hybridized carbons (Fsp3) is 0.467. The molecule has 1 atom stereocenters. The maximum Gasteiger partial charge on any atom is 0.160 e. The highest BCUT2D eigenvalue weighted by molar-refractivity contribution is 7.08. The van der Waals surface area contributed by atoms with Crippen molar-refractivity contribution >= 4 is 11.3 Å². The van der Waals surface area contributed by atoms with Gasteiger partial charge in [-0.25, -0.2) is 9.97 Å². The van der Waals surface area contributed by atoms with Gasteiger partial charge in [-0.2, -0.15) is 11.3 Å². The Balaban J connectivity index is 2.04. The van der Waals surface area contributed by atoms with E-state index >= 15 is 0 Å². The van der Waals surface area contributed by atoms with Gasteiger partial charge in [0.2, 0.25) is 0 Å². The van der Waals surface area contributed by atoms with Crippen molar-refractivity contribution in [2.45, 2.75) is 33.1 Å². The molecule has 0 fully saturated rings. The Morgan fingerprint density at radius 1 is 1.32 bits per heavy atom. The molecule has 0 spiro atoms. The number of aryl methyl sites for hydroxylation is 3. The Bertz CT molecular complexity index is 603. The molecule has 0 amide bonds. The van der Waals surface area contributed by atoms with Crippen LogP contribution in [0.5, 0.6) is 0 Å². The van der Waals surface area contributed by atoms with E-state index in [2.05, 4.69) is 24.6 Å². The average molecular weight is 273 g/mol. The van der Waals surface area contributed by atoms with Crippen molar-refractivity contribution in [1.29, 1.82) is 0 Å². The van der Waals surface area contributed by atoms with Crippen LogP contribution in [0, 0.1) is 19.8 Å². The van der Waals surface area contributed by atoms with Gasteiger partial charge in [0, 0.05) is 22.3 Å². The number of hydrogen-bond donors (Lipinski definition) is 1. The predicted octanol–water partition coefficient (Wildman–Crippen LogP) is 2.89. The van der Waals surface area contributed by atoms with Gasteiger partial charge in [-0.15, -0.1) is 0 Å². The smallest absolute Gasteiger partial charge is 0.160 e. The van der Waals surface area contributed by atoms with E-state index in [4.69, 9.17) is 15.7 Å². The Hall–Kier alpha value is -1.26. The Labute approximate surface area is 117 Å². The summed E-state index contributed by atoms with van der Waals surface area (Å²) in [6.07, 6.45) is 3.24. The number of nitrogens with two attached hydrogens (primary N) is 1. The number of thiophene rings is 1. The zero-order valence-corrected chi connectivity index (χ0v) is 12.3. The first-order valence-corrected chi connectivity index (χ1v) is 7.73. The highest BCUT2D eigenvalue weighted by Crippen LogP contribution is 2.30. The molecule has 0 aliphatic heterocycles. The summed E-state index contributed by atoms with van der Waals surface area (Å²) in [6.45, 7) is 4.99. The van der Waals surface area contributed by atoms with Crippen LogP contribution in [-0.4, -0.2) is 16.5 Å². The largest absolute Gasteiger partial charge is 0.330 e. The molecule has 2 N–H and O–H groups in total. The molecule has 100 valence electrons. The fourth-order valence-corrected chi connectivity index (χ4v) is 3.60. The van der Waals surface area contributed by atoms with Gasteiger partial charge < -0.3 is 5.73 Å². The third-order valence-corrected chi connectivity index (χ3v) is 4.87. The van der Waals surface area contributed by atoms with Crippen LogP contribution in [0.3, 0.4) is 0 Å². The van der Waals surface area contributed by atoms with Crippen molar-refractivity contribution < 1.29 is 0 Å². The minimum atomic E-state index is 0.600. The van der Waals surface area contributed by atoms with Crippen molar-refractivity contribution in [1.82, 2.24) is 9.97 Å². The van der Waals surface area contributed by atoms with Crippen LogP contribution < -0.4 is 5.73 Å². The van der Waals surface area contributed by atoms with Gasteiger partial charge in [-0.1, -0.05) is 0 Å². The molecule has 0 radical (unpaired) electrons. The second-order valence-corrected chi connectivity index (χ2v) is 6.11. The highest BCUT2D eigenvalue weighted by Gasteiger charge is 2.22. The molecule has 1 unspecified atom stereocenters. The molecule has 4 heteroatoms. The topological polar surface area (TPSA) is 51.8 Å². The highest BCUT2D eigenvalue weighted by atomic mass is 32.1. The van der Waals surface area contributed by atoms with E-state index in [1.165, 1.54) is 22.4 Å². The third-order valence-electron chi connectivity index (χ3n) is 4.01. The van der Waals surface area contributed by atoms with Gasteiger partial charge >= 0.3 is 0 Å². The summed E-state index contributed by atoms with van der Waals surface area (Å²) in [7, 11) is 0. The van der Waals surface area contributed by atoms with Crippen LogP contribution >= 0.6 is 11.3 Å². The van der Waals surface area contributed by atoms with Crippen LogP contribution in [0.15, 0.2) is 10.8 Å². The quantitative estimate of drug-likeness (QED) is 0.915. The normalized spacial score (nSPS) is 18.4. The lowest BCUT2D eigenvalue weighted by Gasteiger charge is -2.24. The average Bonchev–Trinajstić information content (AvgIpc) is 2.84. The van der Waals surface area contributed by atoms with Crippen molar-refractivity contribution in [3.63, 3.8) is 0 Å². The van der Waals surface area contributed by atoms with Gasteiger partial charge in [0.15, 0.2) is 5.82 Å². The Kier molecular flexibility index (Phi) is 3.37. The van der Waals surface area contributed by atoms with Crippen molar-refractivity contribution in [2.75, 3.05) is 6.54 Å². The molecule has 3 nitrogen and oxygen atoms in total. The van der Waals surface area contributed by atoms with Crippen LogP contribution in [-0.2, 0) is 12.8 Å². The molecule has 0 bridgehead atoms. The lowest BCUT2D eigenvalue weighted by Crippen LogP contribution is -2.24. The molecular weight excluding hydrogens is 254 g/mol. The minimum Gasteiger partial charge on any atom is -0.330 e. The van der Waals surface area contributed by atoms with Crippen LogP contribution in [0.4, 0.5) is 0 Å². The SMILES string of the molecule is Cc1cscc1-c1nc(C)c2c(n1)CCC(CN)C2. The number of nitrogens with zero attached hydrogens (tertiary/aromatic N) is 2. The van der Waals surface area contributed by atoms with E-state index in [-0.39, 0.29) is 0 Å². The van der Waals surface area contributed by atoms with E-state index in [0.717, 1.165) is 37.3 Å². The third kappa shape index (κ3) is 2.30. The minimum absolute atomic E-state index is 0.600. The van der Waals surface area contributed by atoms with E-state index in [0.29, 0.717) is 5.92 Å². The summed E-state index contributed by atoms with van der Waals surface area (Å²) in [6, 6.07) is 0. The van der Waals surface area contributed by atoms with Crippen LogP contribution in [0.1, 0.15) is 28.9 Å². The first-order valence-electron chi connectivity index (χ1n) is 6.78. The van der Waals surface area contributed by atoms with Crippen molar-refractivity contribution in [2.24, 2.45) is 11.7 Å². The zero-order chi connectivity index (χ0) is 13.4. The Morgan fingerprint density at radius 3 is 2.84 bits per heavy atom. The molecule has 0 saturated heterocycles. The standard InChI is InChI=1S/C15H19N3S/c1-9-7-19-8-13(9)15-17-10(2)12-5-11(6-16)3-4-14(12)18-15/h7-8,11H,3-6,16H2,1-2H3. The first-order chi connectivity index (χ1) is 9.19. The van der Waals surface area contributed by atoms with Crippen molar-refractivity contribution in [3.05, 3.63) is 33.3 Å². The lowest BCUT2D eigenvalue weighted by atomic mass is 9.86. The molecule has 1 aliphatic rings. The summed E-state index contributed by atoms with van der Waals surface area (Å²) < 4.78 is 0. The molecular formula is C15H19N3S. The van der Waals surface area contributed by atoms with E-state index in [9.17, 15) is 0 Å². The summed E-state index contributed by atoms with van der Waals surface area (Å²) in [4.78, 5) is 9.51. The second-order valence-electron chi connectivity index (χ2n) is 5.37. The molecule has 2 aromatic rings. The maximum absolute atomic E-state index is 5.80. The number of fused-ring (bicyclic) bond motifs is 1. The van der Waals surface area contributed by atoms with Gasteiger partial charge in [-0.3, -0.25) is 0 Å². The number of rotatable bonds is 2. The van der Waals surface area contributed by atoms with Gasteiger partial charge in [-0.05, 0) is 62.1 Å². The number of hydrogen-bond acceptors (Lipinski definition) is 4. The monoisotopic (exact) mass is 273 g/mol. The predicted molar refractivity (Wildman–Crippen MR) is 79.4 cm³/mol. The summed E-state index contributed by atoms with van der Waals surface area (Å²) >= 11 is 1.71. The molecule has 19 heavy (non-hydrogen) atoms. The maximum atomic E-state index is 5.80. The first kappa shape index (κ1) is 12.8. The molecule has 1 aliphatic carbocycles. The Morgan fingerprint density at radius 2 is 2.16 bits per heavy atom. The van der Waals surface area contributed by atoms with Crippen LogP contribution in [0.25, 0.3) is 11.4 Å². The fourth-order valence-electron chi connectivity index (χ4n) is 2.77. The second kappa shape index (κ2) is 5.02. The zero-order valence-electron chi connectivity index (χ0n) is 11.4. The van der Waals surface area contributed by atoms with E-state index in [1.54, 1.807) is 11.3 Å². The van der Waals surface area contributed by atoms with Crippen LogP contribution in [0.2, 0.25) is 0 Å². The molecule has 2 heterocycles. The molecule has 0 aromatic carbocycles.